The molecule has 9 rings (SSSR count). The van der Waals surface area contributed by atoms with Crippen molar-refractivity contribution in [2.24, 2.45) is 7.05 Å². The Kier molecular flexibility index (Phi) is 19.5. The lowest BCUT2D eigenvalue weighted by Crippen LogP contribution is -2.57. The van der Waals surface area contributed by atoms with Crippen LogP contribution in [0.5, 0.6) is 0 Å². The number of amides is 1. The van der Waals surface area contributed by atoms with Crippen molar-refractivity contribution in [3.05, 3.63) is 147 Å². The summed E-state index contributed by atoms with van der Waals surface area (Å²) < 4.78 is 21.0. The Hall–Kier alpha value is -6.43. The topological polar surface area (TPSA) is 104 Å². The first-order chi connectivity index (χ1) is 39.3. The molecule has 0 unspecified atom stereocenters. The van der Waals surface area contributed by atoms with Crippen LogP contribution in [0.2, 0.25) is 0 Å². The van der Waals surface area contributed by atoms with E-state index in [1.54, 1.807) is 41.7 Å². The summed E-state index contributed by atoms with van der Waals surface area (Å²) >= 11 is 7.38. The number of nitriles is 2. The molecule has 0 spiro atoms. The zero-order valence-corrected chi connectivity index (χ0v) is 52.7. The predicted molar refractivity (Wildman–Crippen MR) is 347 cm³/mol. The van der Waals surface area contributed by atoms with Crippen molar-refractivity contribution in [1.82, 2.24) is 4.57 Å². The van der Waals surface area contributed by atoms with E-state index in [0.717, 1.165) is 66.7 Å². The Morgan fingerprint density at radius 3 is 1.57 bits per heavy atom. The second-order valence-corrected chi connectivity index (χ2v) is 27.4. The van der Waals surface area contributed by atoms with Gasteiger partial charge >= 0.3 is 8.80 Å². The van der Waals surface area contributed by atoms with Gasteiger partial charge in [-0.1, -0.05) is 83.7 Å². The molecular weight excluding hydrogens is 1100 g/mol. The number of thiophene rings is 4. The van der Waals surface area contributed by atoms with E-state index in [1.807, 2.05) is 54.8 Å². The van der Waals surface area contributed by atoms with Crippen LogP contribution in [0, 0.1) is 22.7 Å². The molecule has 81 heavy (non-hydrogen) atoms. The fourth-order valence-corrected chi connectivity index (χ4v) is 18.6. The van der Waals surface area contributed by atoms with E-state index in [2.05, 4.69) is 155 Å². The van der Waals surface area contributed by atoms with Crippen molar-refractivity contribution < 1.29 is 18.1 Å². The molecule has 9 aromatic rings. The minimum atomic E-state index is -3.47. The van der Waals surface area contributed by atoms with Crippen molar-refractivity contribution in [2.45, 2.75) is 99.8 Å². The minimum absolute atomic E-state index is 0.0174. The van der Waals surface area contributed by atoms with E-state index in [9.17, 15) is 15.3 Å². The fraction of sp³-hybridized carbons (Fsp3) is 0.328. The monoisotopic (exact) mass is 1170 g/mol. The number of hydrogen-bond donors (Lipinski definition) is 0. The Balaban J connectivity index is 1.08. The molecule has 0 bridgehead atoms. The van der Waals surface area contributed by atoms with Crippen LogP contribution in [-0.2, 0) is 50.8 Å². The third kappa shape index (κ3) is 12.7. The molecule has 9 nitrogen and oxygen atoms in total. The van der Waals surface area contributed by atoms with Crippen molar-refractivity contribution in [2.75, 3.05) is 49.9 Å². The molecule has 0 aliphatic heterocycles. The van der Waals surface area contributed by atoms with Gasteiger partial charge in [-0.3, -0.25) is 4.79 Å². The van der Waals surface area contributed by atoms with Crippen molar-refractivity contribution >= 4 is 99.3 Å². The molecule has 0 saturated carbocycles. The number of rotatable bonds is 25. The minimum Gasteiger partial charge on any atom is -0.378 e. The van der Waals surface area contributed by atoms with Gasteiger partial charge in [0.2, 0.25) is 0 Å². The average Bonchev–Trinajstić information content (AvgIpc) is 4.53. The Morgan fingerprint density at radius 2 is 1.05 bits per heavy atom. The maximum atomic E-state index is 14.9. The summed E-state index contributed by atoms with van der Waals surface area (Å²) in [6, 6.07) is 43.7. The fourth-order valence-electron chi connectivity index (χ4n) is 10.8. The summed E-state index contributed by atoms with van der Waals surface area (Å²) in [7, 11) is 2.86. The van der Waals surface area contributed by atoms with Crippen LogP contribution >= 0.6 is 45.3 Å². The molecule has 0 fully saturated rings. The van der Waals surface area contributed by atoms with Gasteiger partial charge in [-0.05, 0) is 170 Å². The molecule has 0 saturated heterocycles. The van der Waals surface area contributed by atoms with Crippen LogP contribution < -0.4 is 9.80 Å². The summed E-state index contributed by atoms with van der Waals surface area (Å²) in [5.74, 6) is -0.509. The second-order valence-electron chi connectivity index (χ2n) is 20.6. The number of benzene rings is 4. The molecule has 14 heteroatoms. The molecule has 0 radical (unpaired) electrons. The van der Waals surface area contributed by atoms with Crippen molar-refractivity contribution in [3.8, 4) is 63.0 Å². The first-order valence-electron chi connectivity index (χ1n) is 28.5. The standard InChI is InChI=1S/C67H73N5O4S4Si/c1-11-19-47-36-61(77-59(47)40-52(42-69)67(73)72(54-24-18-23-44(33-54)41-68)43-81(74-15-5,75-16-6)76-17-7)64-50(21-13-3)38-63(79-64)66-51(22-14-4)39-62(80-66)65-49(20-12-2)37-60(78-65)48-28-32-58-56(35-48)55-34-46(27-31-57(55)71(58)10)45-25-29-53(30-26-45)70(8)9/h18,23-40H,11-17,19-22,43H2,1-10H3/b52-40+. The SMILES string of the molecule is CCCc1cc(-c2sc(-c3sc(-c4sc(-c5ccc6c(c5)c5cc(-c7ccc(N(C)C)cc7)ccc5n6C)cc4CCC)cc3CCC)cc2CCC)sc1/C=C(\C#N)C(=O)N(C[Si](OCC)(OCC)OCC)c1cccc(C#N)c1. The van der Waals surface area contributed by atoms with E-state index in [1.165, 1.54) is 95.0 Å². The predicted octanol–water partition coefficient (Wildman–Crippen LogP) is 18.2. The molecule has 0 atom stereocenters. The maximum Gasteiger partial charge on any atom is 0.521 e. The summed E-state index contributed by atoms with van der Waals surface area (Å²) in [6.07, 6.45) is 9.47. The lowest BCUT2D eigenvalue weighted by molar-refractivity contribution is -0.114. The number of carbonyl (C=O) groups is 1. The summed E-state index contributed by atoms with van der Waals surface area (Å²) in [5.41, 5.74) is 13.4. The van der Waals surface area contributed by atoms with Crippen LogP contribution in [0.1, 0.15) is 107 Å². The highest BCUT2D eigenvalue weighted by molar-refractivity contribution is 7.29. The number of anilines is 2. The van der Waals surface area contributed by atoms with Crippen LogP contribution in [0.25, 0.3) is 78.7 Å². The third-order valence-corrected chi connectivity index (χ3v) is 22.8. The average molecular weight is 1170 g/mol. The lowest BCUT2D eigenvalue weighted by atomic mass is 10.0. The maximum absolute atomic E-state index is 14.9. The van der Waals surface area contributed by atoms with Crippen LogP contribution in [0.4, 0.5) is 11.4 Å². The molecule has 5 heterocycles. The zero-order valence-electron chi connectivity index (χ0n) is 48.5. The Morgan fingerprint density at radius 1 is 0.568 bits per heavy atom. The summed E-state index contributed by atoms with van der Waals surface area (Å²) in [6.45, 7) is 15.5. The highest BCUT2D eigenvalue weighted by atomic mass is 32.1. The number of aryl methyl sites for hydroxylation is 5. The number of carbonyl (C=O) groups excluding carboxylic acids is 1. The highest BCUT2D eigenvalue weighted by Crippen LogP contribution is 2.50. The lowest BCUT2D eigenvalue weighted by Gasteiger charge is -2.33. The van der Waals surface area contributed by atoms with Crippen molar-refractivity contribution in [3.63, 3.8) is 0 Å². The van der Waals surface area contributed by atoms with Gasteiger partial charge < -0.3 is 27.6 Å². The van der Waals surface area contributed by atoms with E-state index < -0.39 is 14.7 Å². The molecule has 5 aromatic heterocycles. The third-order valence-electron chi connectivity index (χ3n) is 14.6. The number of nitrogens with zero attached hydrogens (tertiary/aromatic N) is 5. The van der Waals surface area contributed by atoms with Crippen LogP contribution in [0.15, 0.2) is 115 Å². The summed E-state index contributed by atoms with van der Waals surface area (Å²) in [5, 5.41) is 23.3. The Bertz CT molecular complexity index is 3790. The molecule has 0 N–H and O–H groups in total. The van der Waals surface area contributed by atoms with Gasteiger partial charge in [-0.25, -0.2) is 0 Å². The highest BCUT2D eigenvalue weighted by Gasteiger charge is 2.45. The van der Waals surface area contributed by atoms with E-state index in [-0.39, 0.29) is 11.7 Å². The smallest absolute Gasteiger partial charge is 0.378 e. The first-order valence-corrected chi connectivity index (χ1v) is 33.7. The van der Waals surface area contributed by atoms with Gasteiger partial charge in [-0.15, -0.1) is 45.3 Å². The van der Waals surface area contributed by atoms with E-state index in [0.29, 0.717) is 31.1 Å². The molecular formula is C67H73N5O4S4Si. The molecule has 1 amide bonds. The van der Waals surface area contributed by atoms with Gasteiger partial charge in [0.1, 0.15) is 11.6 Å². The normalized spacial score (nSPS) is 11.9. The van der Waals surface area contributed by atoms with Gasteiger partial charge in [0.25, 0.3) is 5.91 Å². The first kappa shape index (κ1) is 59.2. The second kappa shape index (κ2) is 26.7. The van der Waals surface area contributed by atoms with Gasteiger partial charge in [-0.2, -0.15) is 10.5 Å². The largest absolute Gasteiger partial charge is 0.521 e. The van der Waals surface area contributed by atoms with Gasteiger partial charge in [0, 0.05) is 113 Å². The number of fused-ring (bicyclic) bond motifs is 3. The Labute approximate surface area is 496 Å². The van der Waals surface area contributed by atoms with Crippen molar-refractivity contribution in [1.29, 1.82) is 10.5 Å². The molecule has 418 valence electrons. The quantitative estimate of drug-likeness (QED) is 0.0319. The van der Waals surface area contributed by atoms with Crippen LogP contribution in [-0.4, -0.2) is 59.4 Å². The summed E-state index contributed by atoms with van der Waals surface area (Å²) in [4.78, 5) is 28.4. The number of aromatic nitrogens is 1. The van der Waals surface area contributed by atoms with Gasteiger partial charge in [0.15, 0.2) is 0 Å². The van der Waals surface area contributed by atoms with Crippen LogP contribution in [0.3, 0.4) is 0 Å². The zero-order chi connectivity index (χ0) is 57.4. The molecule has 4 aromatic carbocycles. The van der Waals surface area contributed by atoms with E-state index in [4.69, 9.17) is 13.3 Å². The van der Waals surface area contributed by atoms with E-state index >= 15 is 0 Å². The molecule has 0 aliphatic rings. The number of hydrogen-bond acceptors (Lipinski definition) is 11. The van der Waals surface area contributed by atoms with Gasteiger partial charge in [0.05, 0.1) is 17.8 Å². The molecule has 0 aliphatic carbocycles.